The van der Waals surface area contributed by atoms with Crippen molar-refractivity contribution in [3.05, 3.63) is 58.1 Å². The molecule has 1 amide bonds. The number of hydrogen-bond acceptors (Lipinski definition) is 5. The van der Waals surface area contributed by atoms with Gasteiger partial charge in [-0.2, -0.15) is 0 Å². The van der Waals surface area contributed by atoms with Crippen LogP contribution in [0, 0.1) is 6.92 Å². The van der Waals surface area contributed by atoms with Crippen molar-refractivity contribution in [3.63, 3.8) is 0 Å². The number of hydrogen-bond donors (Lipinski definition) is 1. The van der Waals surface area contributed by atoms with E-state index in [0.717, 1.165) is 11.1 Å². The molecule has 28 heavy (non-hydrogen) atoms. The van der Waals surface area contributed by atoms with E-state index in [0.29, 0.717) is 35.2 Å². The van der Waals surface area contributed by atoms with Crippen molar-refractivity contribution in [2.24, 2.45) is 0 Å². The van der Waals surface area contributed by atoms with Gasteiger partial charge in [0.1, 0.15) is 6.10 Å². The minimum atomic E-state index is -0.538. The summed E-state index contributed by atoms with van der Waals surface area (Å²) < 4.78 is 16.4. The number of amides is 1. The Kier molecular flexibility index (Phi) is 6.44. The largest absolute Gasteiger partial charge is 0.493 e. The minimum absolute atomic E-state index is 0.138. The lowest BCUT2D eigenvalue weighted by atomic mass is 9.96. The molecule has 0 aromatic heterocycles. The van der Waals surface area contributed by atoms with E-state index in [1.807, 2.05) is 19.1 Å². The van der Waals surface area contributed by atoms with Crippen LogP contribution >= 0.6 is 11.6 Å². The van der Waals surface area contributed by atoms with Crippen LogP contribution in [-0.2, 0) is 4.74 Å². The van der Waals surface area contributed by atoms with E-state index >= 15 is 0 Å². The monoisotopic (exact) mass is 405 g/mol. The molecule has 2 aromatic carbocycles. The molecule has 1 N–H and O–H groups in total. The average molecular weight is 406 g/mol. The van der Waals surface area contributed by atoms with Gasteiger partial charge in [-0.05, 0) is 48.4 Å². The van der Waals surface area contributed by atoms with Crippen LogP contribution in [0.4, 0.5) is 0 Å². The number of aliphatic hydroxyl groups excluding tert-OH is 1. The fraction of sp³-hybridized carbons (Fsp3) is 0.381. The lowest BCUT2D eigenvalue weighted by Gasteiger charge is -2.41. The molecule has 1 heterocycles. The van der Waals surface area contributed by atoms with Crippen LogP contribution in [0.5, 0.6) is 11.5 Å². The number of methoxy groups -OCH3 is 2. The van der Waals surface area contributed by atoms with E-state index in [-0.39, 0.29) is 12.5 Å². The van der Waals surface area contributed by atoms with Crippen molar-refractivity contribution in [2.75, 3.05) is 34.0 Å². The van der Waals surface area contributed by atoms with Gasteiger partial charge in [0.15, 0.2) is 11.5 Å². The Balaban J connectivity index is 2.01. The quantitative estimate of drug-likeness (QED) is 0.827. The van der Waals surface area contributed by atoms with Crippen molar-refractivity contribution in [3.8, 4) is 11.5 Å². The minimum Gasteiger partial charge on any atom is -0.493 e. The fourth-order valence-electron chi connectivity index (χ4n) is 3.49. The van der Waals surface area contributed by atoms with E-state index in [1.165, 1.54) is 0 Å². The third-order valence-corrected chi connectivity index (χ3v) is 5.37. The molecule has 0 bridgehead atoms. The van der Waals surface area contributed by atoms with E-state index in [2.05, 4.69) is 0 Å². The van der Waals surface area contributed by atoms with Crippen LogP contribution in [-0.4, -0.2) is 56.0 Å². The van der Waals surface area contributed by atoms with Crippen LogP contribution in [0.15, 0.2) is 36.4 Å². The van der Waals surface area contributed by atoms with Crippen LogP contribution in [0.2, 0.25) is 5.02 Å². The van der Waals surface area contributed by atoms with Crippen molar-refractivity contribution in [1.29, 1.82) is 0 Å². The molecule has 2 atom stereocenters. The highest BCUT2D eigenvalue weighted by Gasteiger charge is 2.37. The first-order valence-electron chi connectivity index (χ1n) is 9.01. The van der Waals surface area contributed by atoms with Crippen molar-refractivity contribution >= 4 is 17.5 Å². The summed E-state index contributed by atoms with van der Waals surface area (Å²) in [5, 5.41) is 10.5. The molecule has 1 aliphatic heterocycles. The van der Waals surface area contributed by atoms with E-state index in [4.69, 9.17) is 25.8 Å². The molecule has 7 heteroatoms. The first kappa shape index (κ1) is 20.5. The molecule has 0 saturated carbocycles. The molecular weight excluding hydrogens is 382 g/mol. The van der Waals surface area contributed by atoms with E-state index in [9.17, 15) is 9.90 Å². The molecule has 2 aromatic rings. The Morgan fingerprint density at radius 3 is 2.61 bits per heavy atom. The molecule has 1 aliphatic rings. The first-order valence-corrected chi connectivity index (χ1v) is 9.39. The van der Waals surface area contributed by atoms with Crippen molar-refractivity contribution in [1.82, 2.24) is 4.90 Å². The van der Waals surface area contributed by atoms with Crippen LogP contribution in [0.1, 0.15) is 27.5 Å². The molecule has 0 radical (unpaired) electrons. The number of carbonyl (C=O) groups is 1. The predicted octanol–water partition coefficient (Wildman–Crippen LogP) is 3.24. The Labute approximate surface area is 169 Å². The second kappa shape index (κ2) is 8.82. The van der Waals surface area contributed by atoms with E-state index in [1.54, 1.807) is 43.4 Å². The standard InChI is InChI=1S/C21H24ClNO5/c1-13-10-15(4-6-16(13)22)21(25)23-8-9-28-19(12-24)20(23)14-5-7-17(26-2)18(11-14)27-3/h4-7,10-11,19-20,24H,8-9,12H2,1-3H3/t19-,20-/m1/s1. The Morgan fingerprint density at radius 1 is 1.21 bits per heavy atom. The van der Waals surface area contributed by atoms with Crippen LogP contribution in [0.25, 0.3) is 0 Å². The Bertz CT molecular complexity index is 857. The first-order chi connectivity index (χ1) is 13.5. The Hall–Kier alpha value is -2.28. The molecular formula is C21H24ClNO5. The summed E-state index contributed by atoms with van der Waals surface area (Å²) in [5.41, 5.74) is 2.18. The Morgan fingerprint density at radius 2 is 1.96 bits per heavy atom. The normalized spacial score (nSPS) is 19.4. The highest BCUT2D eigenvalue weighted by Crippen LogP contribution is 2.36. The highest BCUT2D eigenvalue weighted by atomic mass is 35.5. The number of halogens is 1. The van der Waals surface area contributed by atoms with Crippen LogP contribution < -0.4 is 9.47 Å². The van der Waals surface area contributed by atoms with E-state index < -0.39 is 12.1 Å². The lowest BCUT2D eigenvalue weighted by molar-refractivity contribution is -0.0811. The van der Waals surface area contributed by atoms with Gasteiger partial charge in [-0.1, -0.05) is 17.7 Å². The predicted molar refractivity (Wildman–Crippen MR) is 106 cm³/mol. The van der Waals surface area contributed by atoms with Gasteiger partial charge in [0, 0.05) is 17.1 Å². The molecule has 0 aliphatic carbocycles. The van der Waals surface area contributed by atoms with Gasteiger partial charge in [0.05, 0.1) is 33.5 Å². The summed E-state index contributed by atoms with van der Waals surface area (Å²) >= 11 is 6.10. The number of aliphatic hydroxyl groups is 1. The molecule has 3 rings (SSSR count). The molecule has 1 saturated heterocycles. The maximum atomic E-state index is 13.3. The number of aryl methyl sites for hydroxylation is 1. The van der Waals surface area contributed by atoms with Gasteiger partial charge in [-0.15, -0.1) is 0 Å². The fourth-order valence-corrected chi connectivity index (χ4v) is 3.61. The number of ether oxygens (including phenoxy) is 3. The zero-order valence-electron chi connectivity index (χ0n) is 16.1. The molecule has 0 spiro atoms. The summed E-state index contributed by atoms with van der Waals surface area (Å²) in [6.45, 7) is 2.42. The van der Waals surface area contributed by atoms with Crippen molar-refractivity contribution < 1.29 is 24.1 Å². The summed E-state index contributed by atoms with van der Waals surface area (Å²) in [6.07, 6.45) is -0.538. The summed E-state index contributed by atoms with van der Waals surface area (Å²) in [5.74, 6) is 1.01. The lowest BCUT2D eigenvalue weighted by Crippen LogP contribution is -2.49. The van der Waals surface area contributed by atoms with Crippen molar-refractivity contribution in [2.45, 2.75) is 19.1 Å². The molecule has 6 nitrogen and oxygen atoms in total. The molecule has 0 unspecified atom stereocenters. The molecule has 150 valence electrons. The highest BCUT2D eigenvalue weighted by molar-refractivity contribution is 6.31. The number of nitrogens with zero attached hydrogens (tertiary/aromatic N) is 1. The summed E-state index contributed by atoms with van der Waals surface area (Å²) in [6, 6.07) is 10.2. The number of rotatable bonds is 5. The smallest absolute Gasteiger partial charge is 0.254 e. The summed E-state index contributed by atoms with van der Waals surface area (Å²) in [4.78, 5) is 15.0. The van der Waals surface area contributed by atoms with Gasteiger partial charge >= 0.3 is 0 Å². The zero-order valence-corrected chi connectivity index (χ0v) is 16.9. The van der Waals surface area contributed by atoms with Crippen LogP contribution in [0.3, 0.4) is 0 Å². The topological polar surface area (TPSA) is 68.2 Å². The van der Waals surface area contributed by atoms with Gasteiger partial charge in [-0.3, -0.25) is 4.79 Å². The van der Waals surface area contributed by atoms with Gasteiger partial charge in [0.2, 0.25) is 0 Å². The van der Waals surface area contributed by atoms with Gasteiger partial charge in [-0.25, -0.2) is 0 Å². The SMILES string of the molecule is COc1ccc([C@@H]2[C@@H](CO)OCCN2C(=O)c2ccc(Cl)c(C)c2)cc1OC. The zero-order chi connectivity index (χ0) is 20.3. The summed E-state index contributed by atoms with van der Waals surface area (Å²) in [7, 11) is 3.12. The second-order valence-electron chi connectivity index (χ2n) is 6.61. The third kappa shape index (κ3) is 3.94. The average Bonchev–Trinajstić information content (AvgIpc) is 2.73. The third-order valence-electron chi connectivity index (χ3n) is 4.95. The maximum absolute atomic E-state index is 13.3. The number of benzene rings is 2. The van der Waals surface area contributed by atoms with Gasteiger partial charge < -0.3 is 24.2 Å². The second-order valence-corrected chi connectivity index (χ2v) is 7.02. The van der Waals surface area contributed by atoms with Gasteiger partial charge in [0.25, 0.3) is 5.91 Å². The maximum Gasteiger partial charge on any atom is 0.254 e. The number of carbonyl (C=O) groups excluding carboxylic acids is 1. The number of morpholine rings is 1. The molecule has 1 fully saturated rings.